The van der Waals surface area contributed by atoms with Crippen LogP contribution in [0.5, 0.6) is 5.75 Å². The molecule has 4 rings (SSSR count). The lowest BCUT2D eigenvalue weighted by molar-refractivity contribution is -0.398. The average molecular weight is 453 g/mol. The first-order valence-electron chi connectivity index (χ1n) is 8.33. The lowest BCUT2D eigenvalue weighted by atomic mass is 10.1. The smallest absolute Gasteiger partial charge is 0.307 e. The molecule has 1 heterocycles. The molecule has 0 saturated heterocycles. The molecule has 0 aliphatic carbocycles. The molecule has 8 nitrogen and oxygen atoms in total. The number of hydrazone groups is 1. The first-order valence-corrected chi connectivity index (χ1v) is 9.13. The first kappa shape index (κ1) is 18.6. The second kappa shape index (κ2) is 7.36. The summed E-state index contributed by atoms with van der Waals surface area (Å²) in [6, 6.07) is 15.5. The highest BCUT2D eigenvalue weighted by molar-refractivity contribution is 9.10. The highest BCUT2D eigenvalue weighted by Gasteiger charge is 2.14. The maximum atomic E-state index is 12.4. The fourth-order valence-corrected chi connectivity index (χ4v) is 3.41. The van der Waals surface area contributed by atoms with Gasteiger partial charge in [-0.1, -0.05) is 46.3 Å². The van der Waals surface area contributed by atoms with E-state index in [0.717, 1.165) is 28.4 Å². The Balaban J connectivity index is 1.59. The maximum Gasteiger partial charge on any atom is 0.307 e. The van der Waals surface area contributed by atoms with Crippen LogP contribution in [0.1, 0.15) is 16.1 Å². The monoisotopic (exact) mass is 452 g/mol. The third-order valence-electron chi connectivity index (χ3n) is 4.28. The van der Waals surface area contributed by atoms with Gasteiger partial charge < -0.3 is 9.52 Å². The van der Waals surface area contributed by atoms with Crippen LogP contribution in [-0.4, -0.2) is 17.0 Å². The number of hydrogen-bond donors (Lipinski definition) is 1. The normalized spacial score (nSPS) is 11.3. The molecule has 0 atom stereocenters. The second-order valence-corrected chi connectivity index (χ2v) is 7.02. The average Bonchev–Trinajstić information content (AvgIpc) is 3.15. The molecule has 0 radical (unpaired) electrons. The van der Waals surface area contributed by atoms with E-state index in [-0.39, 0.29) is 11.3 Å². The van der Waals surface area contributed by atoms with Crippen LogP contribution >= 0.6 is 15.9 Å². The van der Waals surface area contributed by atoms with Gasteiger partial charge in [0.05, 0.1) is 11.1 Å². The predicted octanol–water partition coefficient (Wildman–Crippen LogP) is 4.09. The Morgan fingerprint density at radius 2 is 1.93 bits per heavy atom. The van der Waals surface area contributed by atoms with E-state index in [0.29, 0.717) is 10.1 Å². The number of benzene rings is 3. The van der Waals surface area contributed by atoms with Crippen molar-refractivity contribution in [3.63, 3.8) is 0 Å². The number of carbonyl (C=O) groups excluding carboxylic acids is 1. The number of hydrogen-bond acceptors (Lipinski definition) is 6. The third kappa shape index (κ3) is 3.55. The largest absolute Gasteiger partial charge is 0.867 e. The molecule has 144 valence electrons. The van der Waals surface area contributed by atoms with Gasteiger partial charge in [-0.15, -0.1) is 0 Å². The van der Waals surface area contributed by atoms with Gasteiger partial charge in [0.2, 0.25) is 0 Å². The van der Waals surface area contributed by atoms with E-state index in [4.69, 9.17) is 4.42 Å². The number of furan rings is 1. The Morgan fingerprint density at radius 3 is 2.72 bits per heavy atom. The van der Waals surface area contributed by atoms with Crippen molar-refractivity contribution in [3.05, 3.63) is 80.5 Å². The van der Waals surface area contributed by atoms with Gasteiger partial charge in [0.1, 0.15) is 5.58 Å². The van der Waals surface area contributed by atoms with Crippen molar-refractivity contribution in [3.8, 4) is 5.75 Å². The molecular weight excluding hydrogens is 442 g/mol. The van der Waals surface area contributed by atoms with Gasteiger partial charge >= 0.3 is 5.91 Å². The summed E-state index contributed by atoms with van der Waals surface area (Å²) in [6.07, 6.45) is 1.05. The number of nitro groups is 1. The molecule has 0 aliphatic heterocycles. The summed E-state index contributed by atoms with van der Waals surface area (Å²) < 4.78 is 5.94. The second-order valence-electron chi connectivity index (χ2n) is 6.11. The van der Waals surface area contributed by atoms with Crippen LogP contribution in [0.4, 0.5) is 5.69 Å². The molecule has 0 saturated carbocycles. The van der Waals surface area contributed by atoms with Crippen molar-refractivity contribution in [2.45, 2.75) is 0 Å². The van der Waals surface area contributed by atoms with E-state index in [1.165, 1.54) is 6.07 Å². The molecule has 4 aromatic rings. The minimum Gasteiger partial charge on any atom is -0.867 e. The van der Waals surface area contributed by atoms with E-state index in [1.807, 2.05) is 30.3 Å². The van der Waals surface area contributed by atoms with Crippen molar-refractivity contribution in [1.29, 1.82) is 0 Å². The fraction of sp³-hybridized carbons (Fsp3) is 0. The van der Waals surface area contributed by atoms with Crippen molar-refractivity contribution >= 4 is 55.5 Å². The third-order valence-corrected chi connectivity index (χ3v) is 4.74. The minimum absolute atomic E-state index is 0.0398. The van der Waals surface area contributed by atoms with Gasteiger partial charge in [-0.05, 0) is 40.3 Å². The van der Waals surface area contributed by atoms with Gasteiger partial charge in [-0.2, -0.15) is 5.10 Å². The Labute approximate surface area is 171 Å². The topological polar surface area (TPSA) is 121 Å². The Kier molecular flexibility index (Phi) is 4.73. The van der Waals surface area contributed by atoms with E-state index in [1.54, 1.807) is 12.1 Å². The molecule has 3 aromatic carbocycles. The zero-order valence-electron chi connectivity index (χ0n) is 14.6. The van der Waals surface area contributed by atoms with Gasteiger partial charge in [0.15, 0.2) is 5.76 Å². The molecule has 9 heteroatoms. The molecule has 29 heavy (non-hydrogen) atoms. The Bertz CT molecular complexity index is 1310. The van der Waals surface area contributed by atoms with Gasteiger partial charge in [-0.25, -0.2) is 5.43 Å². The Morgan fingerprint density at radius 1 is 1.14 bits per heavy atom. The van der Waals surface area contributed by atoms with Crippen LogP contribution in [0.2, 0.25) is 0 Å². The van der Waals surface area contributed by atoms with Crippen LogP contribution < -0.4 is 10.5 Å². The predicted molar refractivity (Wildman–Crippen MR) is 109 cm³/mol. The molecule has 0 aliphatic rings. The SMILES string of the molecule is O=C(N/N=C/c1cc(Br)cc([N+](=O)[O-])c1[O-])c1cc2c(ccc3ccccc32)o1. The lowest BCUT2D eigenvalue weighted by Crippen LogP contribution is -2.17. The molecule has 1 amide bonds. The number of rotatable bonds is 4. The quantitative estimate of drug-likeness (QED) is 0.283. The number of fused-ring (bicyclic) bond motifs is 3. The zero-order valence-corrected chi connectivity index (χ0v) is 16.2. The summed E-state index contributed by atoms with van der Waals surface area (Å²) in [6.45, 7) is 0. The summed E-state index contributed by atoms with van der Waals surface area (Å²) >= 11 is 3.10. The van der Waals surface area contributed by atoms with Crippen LogP contribution in [0.15, 0.2) is 68.6 Å². The van der Waals surface area contributed by atoms with E-state index in [9.17, 15) is 20.0 Å². The summed E-state index contributed by atoms with van der Waals surface area (Å²) in [4.78, 5) is 22.5. The van der Waals surface area contributed by atoms with Crippen LogP contribution in [0, 0.1) is 10.1 Å². The van der Waals surface area contributed by atoms with Crippen LogP contribution in [0.25, 0.3) is 21.7 Å². The van der Waals surface area contributed by atoms with Gasteiger partial charge in [0.25, 0.3) is 5.69 Å². The first-order chi connectivity index (χ1) is 13.9. The summed E-state index contributed by atoms with van der Waals surface area (Å²) in [7, 11) is 0. The van der Waals surface area contributed by atoms with Crippen molar-refractivity contribution in [2.75, 3.05) is 0 Å². The lowest BCUT2D eigenvalue weighted by Gasteiger charge is -2.10. The molecule has 0 fully saturated rings. The van der Waals surface area contributed by atoms with Crippen molar-refractivity contribution < 1.29 is 19.2 Å². The number of carbonyl (C=O) groups is 1. The van der Waals surface area contributed by atoms with E-state index in [2.05, 4.69) is 26.5 Å². The zero-order chi connectivity index (χ0) is 20.5. The summed E-state index contributed by atoms with van der Waals surface area (Å²) in [5.74, 6) is -1.36. The molecule has 1 aromatic heterocycles. The highest BCUT2D eigenvalue weighted by Crippen LogP contribution is 2.30. The number of nitrogens with one attached hydrogen (secondary N) is 1. The number of halogens is 1. The van der Waals surface area contributed by atoms with E-state index >= 15 is 0 Å². The number of nitrogens with zero attached hydrogens (tertiary/aromatic N) is 2. The molecule has 0 unspecified atom stereocenters. The van der Waals surface area contributed by atoms with Crippen LogP contribution in [0.3, 0.4) is 0 Å². The van der Waals surface area contributed by atoms with Gasteiger partial charge in [0, 0.05) is 15.9 Å². The van der Waals surface area contributed by atoms with Crippen LogP contribution in [-0.2, 0) is 0 Å². The summed E-state index contributed by atoms with van der Waals surface area (Å²) in [5.41, 5.74) is 2.20. The fourth-order valence-electron chi connectivity index (χ4n) is 2.95. The molecule has 0 bridgehead atoms. The summed E-state index contributed by atoms with van der Waals surface area (Å²) in [5, 5.41) is 29.5. The van der Waals surface area contributed by atoms with Crippen molar-refractivity contribution in [1.82, 2.24) is 5.43 Å². The standard InChI is InChI=1S/C20H12BrN3O5/c21-13-7-12(19(25)16(8-13)24(27)28)10-22-23-20(26)18-9-15-14-4-2-1-3-11(14)5-6-17(15)29-18/h1-10,25H,(H,23,26)/p-1/b22-10+. The minimum atomic E-state index is -0.800. The molecular formula is C20H11BrN3O5-. The number of amides is 1. The highest BCUT2D eigenvalue weighted by atomic mass is 79.9. The maximum absolute atomic E-state index is 12.4. The van der Waals surface area contributed by atoms with Gasteiger partial charge in [-0.3, -0.25) is 14.9 Å². The van der Waals surface area contributed by atoms with Crippen molar-refractivity contribution in [2.24, 2.45) is 5.10 Å². The molecule has 1 N–H and O–H groups in total. The van der Waals surface area contributed by atoms with E-state index < -0.39 is 22.3 Å². The Hall–Kier alpha value is -3.72. The number of nitro benzene ring substituents is 1. The molecule has 0 spiro atoms.